The van der Waals surface area contributed by atoms with Crippen molar-refractivity contribution < 1.29 is 42.9 Å². The molecule has 1 fully saturated rings. The normalized spacial score (nSPS) is 16.4. The van der Waals surface area contributed by atoms with Crippen LogP contribution in [0.5, 0.6) is 0 Å². The van der Waals surface area contributed by atoms with Gasteiger partial charge in [0.15, 0.2) is 11.9 Å². The number of hydrogen-bond donors (Lipinski definition) is 2. The minimum Gasteiger partial charge on any atom is -0.478 e. The van der Waals surface area contributed by atoms with Crippen LogP contribution in [0.1, 0.15) is 6.42 Å². The Bertz CT molecular complexity index is 473. The van der Waals surface area contributed by atoms with E-state index in [1.807, 2.05) is 0 Å². The molecule has 0 bridgehead atoms. The molecule has 0 aliphatic carbocycles. The second-order valence-corrected chi connectivity index (χ2v) is 4.94. The van der Waals surface area contributed by atoms with Crippen molar-refractivity contribution >= 4 is 25.5 Å². The lowest BCUT2D eigenvalue weighted by Crippen LogP contribution is -2.11. The Balaban J connectivity index is 0. The van der Waals surface area contributed by atoms with Crippen LogP contribution in [-0.2, 0) is 32.7 Å². The van der Waals surface area contributed by atoms with Crippen LogP contribution in [0.4, 0.5) is 0 Å². The van der Waals surface area contributed by atoms with Crippen LogP contribution in [0.25, 0.3) is 0 Å². The van der Waals surface area contributed by atoms with Crippen LogP contribution in [0, 0.1) is 11.1 Å². The molecule has 0 radical (unpaired) electrons. The summed E-state index contributed by atoms with van der Waals surface area (Å²) in [6, 6.07) is 0. The third-order valence-corrected chi connectivity index (χ3v) is 2.83. The number of aliphatic hydroxyl groups is 1. The van der Waals surface area contributed by atoms with E-state index in [0.29, 0.717) is 0 Å². The Labute approximate surface area is 120 Å². The second-order valence-electron chi connectivity index (χ2n) is 3.02. The van der Waals surface area contributed by atoms with Crippen molar-refractivity contribution in [2.75, 3.05) is 14.2 Å². The number of hydrogen-bond acceptors (Lipinski definition) is 9. The topological polar surface area (TPSA) is 160 Å². The van der Waals surface area contributed by atoms with Crippen molar-refractivity contribution in [1.82, 2.24) is 0 Å². The van der Waals surface area contributed by atoms with Crippen LogP contribution < -0.4 is 0 Å². The molecule has 0 saturated carbocycles. The zero-order valence-electron chi connectivity index (χ0n) is 11.2. The van der Waals surface area contributed by atoms with Gasteiger partial charge in [0.1, 0.15) is 0 Å². The number of carbonyl (C=O) groups is 3. The molecule has 1 aliphatic heterocycles. The van der Waals surface area contributed by atoms with E-state index in [1.165, 1.54) is 5.81 Å². The Hall–Kier alpha value is -2.05. The third-order valence-electron chi connectivity index (χ3n) is 1.62. The average Bonchev–Trinajstić information content (AvgIpc) is 2.75. The summed E-state index contributed by atoms with van der Waals surface area (Å²) in [6.07, 6.45) is -0.582. The number of aliphatic carboxylic acids is 1. The van der Waals surface area contributed by atoms with Crippen LogP contribution in [-0.4, -0.2) is 48.4 Å². The second kappa shape index (κ2) is 10.7. The summed E-state index contributed by atoms with van der Waals surface area (Å²) in [4.78, 5) is 29.4. The summed E-state index contributed by atoms with van der Waals surface area (Å²) in [5.74, 6) is -1.08. The average molecular weight is 323 g/mol. The fraction of sp³-hybridized carbons (Fsp3) is 0.400. The number of nitriles is 1. The van der Waals surface area contributed by atoms with Gasteiger partial charge in [-0.25, -0.2) is 14.2 Å². The predicted molar refractivity (Wildman–Crippen MR) is 66.8 cm³/mol. The van der Waals surface area contributed by atoms with Gasteiger partial charge in [-0.2, -0.15) is 5.26 Å². The number of carbonyl (C=O) groups excluding carboxylic acids is 2. The molecule has 0 spiro atoms. The van der Waals surface area contributed by atoms with Crippen molar-refractivity contribution in [3.63, 3.8) is 0 Å². The van der Waals surface area contributed by atoms with E-state index in [9.17, 15) is 18.9 Å². The number of carboxylic acids is 1. The number of cyclic esters (lactones) is 2. The van der Waals surface area contributed by atoms with Gasteiger partial charge in [-0.15, -0.1) is 0 Å². The van der Waals surface area contributed by atoms with Gasteiger partial charge < -0.3 is 24.0 Å². The predicted octanol–water partition coefficient (Wildman–Crippen LogP) is 0.0312. The van der Waals surface area contributed by atoms with Crippen molar-refractivity contribution in [2.45, 2.75) is 12.5 Å². The van der Waals surface area contributed by atoms with Gasteiger partial charge in [0.05, 0.1) is 6.42 Å². The SMILES string of the molecule is C=CC(=O)O.COP(=O)(C#N)OC.O=C1CC(O)C(=O)O1. The Kier molecular flexibility index (Phi) is 10.8. The first-order valence-corrected chi connectivity index (χ1v) is 6.60. The van der Waals surface area contributed by atoms with Crippen LogP contribution in [0.3, 0.4) is 0 Å². The number of ether oxygens (including phenoxy) is 1. The van der Waals surface area contributed by atoms with Gasteiger partial charge in [0.2, 0.25) is 0 Å². The highest BCUT2D eigenvalue weighted by atomic mass is 31.2. The zero-order chi connectivity index (χ0) is 17.1. The maximum Gasteiger partial charge on any atom is 0.430 e. The molecule has 1 atom stereocenters. The van der Waals surface area contributed by atoms with Gasteiger partial charge in [-0.1, -0.05) is 6.58 Å². The Morgan fingerprint density at radius 1 is 1.52 bits per heavy atom. The van der Waals surface area contributed by atoms with Gasteiger partial charge in [-0.3, -0.25) is 4.79 Å². The van der Waals surface area contributed by atoms with E-state index >= 15 is 0 Å². The largest absolute Gasteiger partial charge is 0.478 e. The third kappa shape index (κ3) is 10.4. The summed E-state index contributed by atoms with van der Waals surface area (Å²) in [6.45, 7) is 2.96. The fourth-order valence-electron chi connectivity index (χ4n) is 0.619. The minimum absolute atomic E-state index is 0.196. The molecule has 1 unspecified atom stereocenters. The van der Waals surface area contributed by atoms with Crippen molar-refractivity contribution in [3.05, 3.63) is 12.7 Å². The molecule has 0 aromatic heterocycles. The first-order chi connectivity index (χ1) is 9.65. The van der Waals surface area contributed by atoms with Gasteiger partial charge in [0, 0.05) is 20.3 Å². The molecule has 0 aromatic carbocycles. The van der Waals surface area contributed by atoms with Gasteiger partial charge in [0.25, 0.3) is 0 Å². The standard InChI is InChI=1S/C4H4O4.C3H6NO3P.C3H4O2/c5-2-1-3(6)8-4(2)7;1-6-8(5,3-4)7-2;1-2-3(4)5/h2,5H,1H2;1-2H3;2H,1H2,(H,4,5). The lowest BCUT2D eigenvalue weighted by molar-refractivity contribution is -0.154. The van der Waals surface area contributed by atoms with E-state index in [4.69, 9.17) is 15.5 Å². The highest BCUT2D eigenvalue weighted by Gasteiger charge is 2.30. The molecule has 1 rings (SSSR count). The molecule has 1 saturated heterocycles. The summed E-state index contributed by atoms with van der Waals surface area (Å²) in [5, 5.41) is 24.1. The van der Waals surface area contributed by atoms with E-state index in [0.717, 1.165) is 20.3 Å². The van der Waals surface area contributed by atoms with Crippen LogP contribution in [0.2, 0.25) is 0 Å². The molecule has 21 heavy (non-hydrogen) atoms. The van der Waals surface area contributed by atoms with E-state index in [-0.39, 0.29) is 6.42 Å². The maximum absolute atomic E-state index is 10.5. The molecule has 0 amide bonds. The van der Waals surface area contributed by atoms with Gasteiger partial charge in [-0.05, 0) is 0 Å². The first-order valence-electron chi connectivity index (χ1n) is 5.06. The highest BCUT2D eigenvalue weighted by Crippen LogP contribution is 2.44. The summed E-state index contributed by atoms with van der Waals surface area (Å²) in [5.41, 5.74) is 0. The maximum atomic E-state index is 10.5. The number of aliphatic hydroxyl groups excluding tert-OH is 1. The quantitative estimate of drug-likeness (QED) is 0.314. The zero-order valence-corrected chi connectivity index (χ0v) is 12.1. The van der Waals surface area contributed by atoms with E-state index in [1.54, 1.807) is 0 Å². The Morgan fingerprint density at radius 2 is 1.95 bits per heavy atom. The molecule has 0 aromatic rings. The molecule has 2 N–H and O–H groups in total. The van der Waals surface area contributed by atoms with Crippen molar-refractivity contribution in [3.8, 4) is 5.81 Å². The molecule has 10 nitrogen and oxygen atoms in total. The molecular weight excluding hydrogens is 309 g/mol. The monoisotopic (exact) mass is 323 g/mol. The highest BCUT2D eigenvalue weighted by molar-refractivity contribution is 7.59. The molecule has 11 heteroatoms. The number of nitrogens with zero attached hydrogens (tertiary/aromatic N) is 1. The summed E-state index contributed by atoms with van der Waals surface area (Å²) in [7, 11) is -1.04. The smallest absolute Gasteiger partial charge is 0.430 e. The number of esters is 2. The van der Waals surface area contributed by atoms with E-state index in [2.05, 4.69) is 20.4 Å². The van der Waals surface area contributed by atoms with Crippen LogP contribution in [0.15, 0.2) is 12.7 Å². The lowest BCUT2D eigenvalue weighted by atomic mass is 10.3. The summed E-state index contributed by atoms with van der Waals surface area (Å²) >= 11 is 0. The van der Waals surface area contributed by atoms with Crippen molar-refractivity contribution in [1.29, 1.82) is 5.26 Å². The summed E-state index contributed by atoms with van der Waals surface area (Å²) < 4.78 is 22.9. The van der Waals surface area contributed by atoms with Crippen molar-refractivity contribution in [2.24, 2.45) is 0 Å². The number of carboxylic acid groups (broad SMARTS) is 1. The van der Waals surface area contributed by atoms with E-state index < -0.39 is 31.6 Å². The molecule has 1 aliphatic rings. The Morgan fingerprint density at radius 3 is 2.00 bits per heavy atom. The molecule has 1 heterocycles. The minimum atomic E-state index is -3.36. The van der Waals surface area contributed by atoms with Gasteiger partial charge >= 0.3 is 25.5 Å². The molecule has 118 valence electrons. The molecular formula is C10H14NO9P. The number of rotatable bonds is 3. The lowest BCUT2D eigenvalue weighted by Gasteiger charge is -2.00. The fourth-order valence-corrected chi connectivity index (χ4v) is 0.932. The first kappa shape index (κ1) is 21.3. The van der Waals surface area contributed by atoms with Crippen LogP contribution >= 0.6 is 7.60 Å².